The van der Waals surface area contributed by atoms with Crippen LogP contribution < -0.4 is 0 Å². The highest BCUT2D eigenvalue weighted by Gasteiger charge is 2.39. The fourth-order valence-electron chi connectivity index (χ4n) is 3.04. The van der Waals surface area contributed by atoms with Crippen LogP contribution in [0.5, 0.6) is 0 Å². The first-order valence-electron chi connectivity index (χ1n) is 8.79. The lowest BCUT2D eigenvalue weighted by Gasteiger charge is -2.15. The van der Waals surface area contributed by atoms with E-state index in [2.05, 4.69) is 0 Å². The average molecular weight is 411 g/mol. The Bertz CT molecular complexity index is 1090. The summed E-state index contributed by atoms with van der Waals surface area (Å²) in [6.45, 7) is -0.181. The first kappa shape index (κ1) is 19.1. The molecule has 3 aromatic rings. The number of imide groups is 1. The van der Waals surface area contributed by atoms with Crippen LogP contribution in [0.25, 0.3) is 5.57 Å². The zero-order valence-corrected chi connectivity index (χ0v) is 15.9. The molecule has 4 nitrogen and oxygen atoms in total. The zero-order chi connectivity index (χ0) is 20.4. The number of benzene rings is 2. The molecule has 1 aromatic heterocycles. The van der Waals surface area contributed by atoms with Crippen LogP contribution in [0.1, 0.15) is 16.9 Å². The van der Waals surface area contributed by atoms with E-state index in [-0.39, 0.29) is 22.6 Å². The van der Waals surface area contributed by atoms with Crippen LogP contribution in [-0.4, -0.2) is 16.7 Å². The summed E-state index contributed by atoms with van der Waals surface area (Å²) >= 11 is 1.17. The summed E-state index contributed by atoms with van der Waals surface area (Å²) in [5, 5.41) is 0. The standard InChI is InChI=1S/C22H15F2NO3S/c23-16-9-7-14(8-10-16)19-20(29-13-17-5-3-11-28-17)22(27)25(21(19)26)12-15-4-1-2-6-18(15)24/h1-11H,12-13H2. The maximum absolute atomic E-state index is 14.1. The van der Waals surface area contributed by atoms with E-state index in [0.29, 0.717) is 17.1 Å². The van der Waals surface area contributed by atoms with Crippen molar-refractivity contribution in [2.24, 2.45) is 0 Å². The molecule has 2 heterocycles. The van der Waals surface area contributed by atoms with Gasteiger partial charge in [-0.15, -0.1) is 11.8 Å². The molecule has 7 heteroatoms. The average Bonchev–Trinajstić information content (AvgIpc) is 3.31. The van der Waals surface area contributed by atoms with Crippen LogP contribution in [0.15, 0.2) is 76.2 Å². The third-order valence-corrected chi connectivity index (χ3v) is 5.58. The van der Waals surface area contributed by atoms with Crippen molar-refractivity contribution in [2.45, 2.75) is 12.3 Å². The maximum atomic E-state index is 14.1. The van der Waals surface area contributed by atoms with Gasteiger partial charge in [0.1, 0.15) is 17.4 Å². The molecule has 0 fully saturated rings. The first-order chi connectivity index (χ1) is 14.0. The molecule has 0 N–H and O–H groups in total. The number of carbonyl (C=O) groups excluding carboxylic acids is 2. The van der Waals surface area contributed by atoms with E-state index in [1.54, 1.807) is 24.3 Å². The minimum absolute atomic E-state index is 0.181. The van der Waals surface area contributed by atoms with Crippen molar-refractivity contribution in [3.63, 3.8) is 0 Å². The molecular formula is C22H15F2NO3S. The molecule has 0 atom stereocenters. The van der Waals surface area contributed by atoms with Crippen molar-refractivity contribution in [2.75, 3.05) is 0 Å². The van der Waals surface area contributed by atoms with Crippen molar-refractivity contribution in [1.82, 2.24) is 4.90 Å². The van der Waals surface area contributed by atoms with Gasteiger partial charge in [-0.25, -0.2) is 8.78 Å². The van der Waals surface area contributed by atoms with Crippen molar-refractivity contribution in [1.29, 1.82) is 0 Å². The molecule has 2 amide bonds. The summed E-state index contributed by atoms with van der Waals surface area (Å²) in [4.78, 5) is 27.4. The normalized spacial score (nSPS) is 14.2. The Morgan fingerprint density at radius 1 is 0.897 bits per heavy atom. The number of rotatable bonds is 6. The predicted molar refractivity (Wildman–Crippen MR) is 105 cm³/mol. The van der Waals surface area contributed by atoms with Gasteiger partial charge in [0.25, 0.3) is 11.8 Å². The molecule has 0 saturated heterocycles. The Hall–Kier alpha value is -3.19. The maximum Gasteiger partial charge on any atom is 0.268 e. The first-order valence-corrected chi connectivity index (χ1v) is 9.78. The molecule has 1 aliphatic heterocycles. The molecule has 146 valence electrons. The van der Waals surface area contributed by atoms with Crippen LogP contribution >= 0.6 is 11.8 Å². The Labute approximate surface area is 169 Å². The summed E-state index contributed by atoms with van der Waals surface area (Å²) in [7, 11) is 0. The minimum atomic E-state index is -0.535. The third-order valence-electron chi connectivity index (χ3n) is 4.48. The Kier molecular flexibility index (Phi) is 5.31. The fraction of sp³-hybridized carbons (Fsp3) is 0.0909. The van der Waals surface area contributed by atoms with E-state index in [1.807, 2.05) is 0 Å². The molecule has 0 bridgehead atoms. The van der Waals surface area contributed by atoms with Gasteiger partial charge < -0.3 is 4.42 Å². The second-order valence-corrected chi connectivity index (χ2v) is 7.35. The predicted octanol–water partition coefficient (Wildman–Crippen LogP) is 4.77. The Morgan fingerprint density at radius 2 is 1.66 bits per heavy atom. The molecular weight excluding hydrogens is 396 g/mol. The highest BCUT2D eigenvalue weighted by Crippen LogP contribution is 2.38. The smallest absolute Gasteiger partial charge is 0.268 e. The lowest BCUT2D eigenvalue weighted by atomic mass is 10.1. The molecule has 0 spiro atoms. The molecule has 1 aliphatic rings. The van der Waals surface area contributed by atoms with Gasteiger partial charge in [0.05, 0.1) is 29.0 Å². The molecule has 0 saturated carbocycles. The highest BCUT2D eigenvalue weighted by molar-refractivity contribution is 8.03. The van der Waals surface area contributed by atoms with Crippen LogP contribution in [0.4, 0.5) is 8.78 Å². The van der Waals surface area contributed by atoms with E-state index in [4.69, 9.17) is 4.42 Å². The van der Waals surface area contributed by atoms with E-state index in [1.165, 1.54) is 54.4 Å². The van der Waals surface area contributed by atoms with Gasteiger partial charge in [-0.05, 0) is 35.9 Å². The summed E-state index contributed by atoms with van der Waals surface area (Å²) in [6.07, 6.45) is 1.53. The summed E-state index contributed by atoms with van der Waals surface area (Å²) < 4.78 is 32.7. The second kappa shape index (κ2) is 8.05. The SMILES string of the molecule is O=C1C(SCc2ccco2)=C(c2ccc(F)cc2)C(=O)N1Cc1ccccc1F. The Balaban J connectivity index is 1.68. The molecule has 4 rings (SSSR count). The van der Waals surface area contributed by atoms with Gasteiger partial charge >= 0.3 is 0 Å². The van der Waals surface area contributed by atoms with Crippen LogP contribution in [0.2, 0.25) is 0 Å². The van der Waals surface area contributed by atoms with E-state index >= 15 is 0 Å². The lowest BCUT2D eigenvalue weighted by Crippen LogP contribution is -2.31. The van der Waals surface area contributed by atoms with Crippen molar-refractivity contribution >= 4 is 29.1 Å². The highest BCUT2D eigenvalue weighted by atomic mass is 32.2. The van der Waals surface area contributed by atoms with Gasteiger partial charge in [-0.2, -0.15) is 0 Å². The van der Waals surface area contributed by atoms with Gasteiger partial charge in [0, 0.05) is 5.56 Å². The number of hydrogen-bond acceptors (Lipinski definition) is 4. The molecule has 0 radical (unpaired) electrons. The third kappa shape index (κ3) is 3.86. The summed E-state index contributed by atoms with van der Waals surface area (Å²) in [5.74, 6) is -0.985. The Morgan fingerprint density at radius 3 is 2.34 bits per heavy atom. The van der Waals surface area contributed by atoms with Crippen LogP contribution in [0.3, 0.4) is 0 Å². The zero-order valence-electron chi connectivity index (χ0n) is 15.1. The quantitative estimate of drug-likeness (QED) is 0.548. The van der Waals surface area contributed by atoms with E-state index < -0.39 is 23.4 Å². The number of nitrogens with zero attached hydrogens (tertiary/aromatic N) is 1. The van der Waals surface area contributed by atoms with Gasteiger partial charge in [-0.1, -0.05) is 30.3 Å². The fourth-order valence-corrected chi connectivity index (χ4v) is 4.07. The molecule has 2 aromatic carbocycles. The summed E-state index contributed by atoms with van der Waals surface area (Å²) in [6, 6.07) is 14.9. The monoisotopic (exact) mass is 411 g/mol. The topological polar surface area (TPSA) is 50.5 Å². The van der Waals surface area contributed by atoms with Gasteiger partial charge in [0.2, 0.25) is 0 Å². The van der Waals surface area contributed by atoms with Crippen molar-refractivity contribution in [3.05, 3.63) is 100 Å². The van der Waals surface area contributed by atoms with Gasteiger partial charge in [0.15, 0.2) is 0 Å². The van der Waals surface area contributed by atoms with Crippen molar-refractivity contribution < 1.29 is 22.8 Å². The second-order valence-electron chi connectivity index (χ2n) is 6.37. The molecule has 0 unspecified atom stereocenters. The van der Waals surface area contributed by atoms with Crippen molar-refractivity contribution in [3.8, 4) is 0 Å². The van der Waals surface area contributed by atoms with Crippen LogP contribution in [0, 0.1) is 11.6 Å². The lowest BCUT2D eigenvalue weighted by molar-refractivity contribution is -0.137. The number of amides is 2. The molecule has 0 aliphatic carbocycles. The van der Waals surface area contributed by atoms with Gasteiger partial charge in [-0.3, -0.25) is 14.5 Å². The largest absolute Gasteiger partial charge is 0.468 e. The summed E-state index contributed by atoms with van der Waals surface area (Å²) in [5.41, 5.74) is 0.857. The van der Waals surface area contributed by atoms with Crippen LogP contribution in [-0.2, 0) is 21.9 Å². The minimum Gasteiger partial charge on any atom is -0.468 e. The number of thioether (sulfide) groups is 1. The number of halogens is 2. The van der Waals surface area contributed by atoms with E-state index in [0.717, 1.165) is 4.90 Å². The molecule has 29 heavy (non-hydrogen) atoms. The number of furan rings is 1. The number of carbonyl (C=O) groups is 2. The van der Waals surface area contributed by atoms with E-state index in [9.17, 15) is 18.4 Å². The number of hydrogen-bond donors (Lipinski definition) is 0.